The number of piperidine rings is 1. The third kappa shape index (κ3) is 2.77. The summed E-state index contributed by atoms with van der Waals surface area (Å²) in [5.41, 5.74) is 1.93. The normalized spacial score (nSPS) is 19.9. The average molecular weight is 310 g/mol. The molecule has 1 heterocycles. The zero-order valence-corrected chi connectivity index (χ0v) is 12.7. The lowest BCUT2D eigenvalue weighted by molar-refractivity contribution is 0.0608. The van der Waals surface area contributed by atoms with Crippen LogP contribution in [0.1, 0.15) is 48.5 Å². The Morgan fingerprint density at radius 1 is 1.44 bits per heavy atom. The van der Waals surface area contributed by atoms with Crippen molar-refractivity contribution >= 4 is 21.8 Å². The number of carbonyl (C=O) groups is 1. The largest absolute Gasteiger partial charge is 0.336 e. The van der Waals surface area contributed by atoms with E-state index in [4.69, 9.17) is 0 Å². The molecule has 0 aromatic heterocycles. The lowest BCUT2D eigenvalue weighted by Crippen LogP contribution is -2.43. The number of hydrogen-bond donors (Lipinski definition) is 0. The van der Waals surface area contributed by atoms with E-state index in [1.54, 1.807) is 0 Å². The Morgan fingerprint density at radius 3 is 2.89 bits per heavy atom. The van der Waals surface area contributed by atoms with Gasteiger partial charge in [-0.3, -0.25) is 4.79 Å². The van der Waals surface area contributed by atoms with E-state index in [1.165, 1.54) is 6.42 Å². The molecule has 0 bridgehead atoms. The first kappa shape index (κ1) is 13.6. The predicted octanol–water partition coefficient (Wildman–Crippen LogP) is 4.16. The lowest BCUT2D eigenvalue weighted by atomic mass is 9.98. The first-order chi connectivity index (χ1) is 8.63. The highest BCUT2D eigenvalue weighted by molar-refractivity contribution is 9.10. The summed E-state index contributed by atoms with van der Waals surface area (Å²) in [6, 6.07) is 6.29. The van der Waals surface area contributed by atoms with Gasteiger partial charge in [-0.1, -0.05) is 22.9 Å². The summed E-state index contributed by atoms with van der Waals surface area (Å²) in [4.78, 5) is 14.6. The Kier molecular flexibility index (Phi) is 4.44. The molecule has 1 amide bonds. The maximum Gasteiger partial charge on any atom is 0.254 e. The molecule has 1 saturated heterocycles. The molecule has 18 heavy (non-hydrogen) atoms. The van der Waals surface area contributed by atoms with Crippen molar-refractivity contribution in [3.8, 4) is 0 Å². The molecule has 2 nitrogen and oxygen atoms in total. The maximum atomic E-state index is 12.5. The summed E-state index contributed by atoms with van der Waals surface area (Å²) in [6.07, 6.45) is 4.60. The van der Waals surface area contributed by atoms with Crippen molar-refractivity contribution in [3.63, 3.8) is 0 Å². The number of nitrogens with zero attached hydrogens (tertiary/aromatic N) is 1. The summed E-state index contributed by atoms with van der Waals surface area (Å²) in [5.74, 6) is 0.192. The van der Waals surface area contributed by atoms with Gasteiger partial charge in [-0.05, 0) is 56.4 Å². The first-order valence-corrected chi connectivity index (χ1v) is 7.50. The fraction of sp³-hybridized carbons (Fsp3) is 0.533. The van der Waals surface area contributed by atoms with E-state index in [0.717, 1.165) is 41.4 Å². The molecule has 98 valence electrons. The standard InChI is InChI=1S/C15H20BrNO/c1-3-13-6-4-5-9-17(13)15(18)12-7-8-14(16)11(2)10-12/h7-8,10,13H,3-6,9H2,1-2H3. The van der Waals surface area contributed by atoms with Gasteiger partial charge in [0.25, 0.3) is 5.91 Å². The molecule has 1 aromatic carbocycles. The van der Waals surface area contributed by atoms with E-state index in [1.807, 2.05) is 25.1 Å². The Bertz CT molecular complexity index is 444. The van der Waals surface area contributed by atoms with Gasteiger partial charge in [0.1, 0.15) is 0 Å². The van der Waals surface area contributed by atoms with Gasteiger partial charge in [-0.25, -0.2) is 0 Å². The topological polar surface area (TPSA) is 20.3 Å². The van der Waals surface area contributed by atoms with Crippen molar-refractivity contribution in [1.82, 2.24) is 4.90 Å². The van der Waals surface area contributed by atoms with E-state index in [9.17, 15) is 4.79 Å². The van der Waals surface area contributed by atoms with E-state index >= 15 is 0 Å². The van der Waals surface area contributed by atoms with Crippen LogP contribution in [0.3, 0.4) is 0 Å². The summed E-state index contributed by atoms with van der Waals surface area (Å²) in [7, 11) is 0. The number of rotatable bonds is 2. The average Bonchev–Trinajstić information content (AvgIpc) is 2.41. The number of likely N-dealkylation sites (tertiary alicyclic amines) is 1. The number of aryl methyl sites for hydroxylation is 1. The van der Waals surface area contributed by atoms with Crippen molar-refractivity contribution in [2.75, 3.05) is 6.54 Å². The molecule has 1 aliphatic heterocycles. The zero-order chi connectivity index (χ0) is 13.1. The number of benzene rings is 1. The number of amides is 1. The minimum Gasteiger partial charge on any atom is -0.336 e. The second kappa shape index (κ2) is 5.87. The third-order valence-electron chi connectivity index (χ3n) is 3.76. The lowest BCUT2D eigenvalue weighted by Gasteiger charge is -2.35. The van der Waals surface area contributed by atoms with Gasteiger partial charge in [0.2, 0.25) is 0 Å². The van der Waals surface area contributed by atoms with E-state index in [0.29, 0.717) is 6.04 Å². The zero-order valence-electron chi connectivity index (χ0n) is 11.1. The molecule has 1 atom stereocenters. The third-order valence-corrected chi connectivity index (χ3v) is 4.65. The van der Waals surface area contributed by atoms with Crippen LogP contribution >= 0.6 is 15.9 Å². The molecule has 0 N–H and O–H groups in total. The molecule has 2 rings (SSSR count). The van der Waals surface area contributed by atoms with Gasteiger partial charge < -0.3 is 4.90 Å². The van der Waals surface area contributed by atoms with Crippen LogP contribution in [0.15, 0.2) is 22.7 Å². The van der Waals surface area contributed by atoms with E-state index < -0.39 is 0 Å². The monoisotopic (exact) mass is 309 g/mol. The molecule has 0 aliphatic carbocycles. The van der Waals surface area contributed by atoms with Crippen molar-refractivity contribution in [3.05, 3.63) is 33.8 Å². The Morgan fingerprint density at radius 2 is 2.22 bits per heavy atom. The molecule has 0 saturated carbocycles. The fourth-order valence-electron chi connectivity index (χ4n) is 2.64. The minimum absolute atomic E-state index is 0.192. The van der Waals surface area contributed by atoms with Crippen LogP contribution in [0.4, 0.5) is 0 Å². The van der Waals surface area contributed by atoms with E-state index in [2.05, 4.69) is 27.8 Å². The van der Waals surface area contributed by atoms with Crippen LogP contribution in [0.5, 0.6) is 0 Å². The number of carbonyl (C=O) groups excluding carboxylic acids is 1. The van der Waals surface area contributed by atoms with Gasteiger partial charge in [-0.2, -0.15) is 0 Å². The first-order valence-electron chi connectivity index (χ1n) is 6.70. The van der Waals surface area contributed by atoms with Crippen LogP contribution in [0.25, 0.3) is 0 Å². The molecule has 1 fully saturated rings. The second-order valence-corrected chi connectivity index (χ2v) is 5.87. The quantitative estimate of drug-likeness (QED) is 0.803. The molecule has 1 aromatic rings. The maximum absolute atomic E-state index is 12.5. The van der Waals surface area contributed by atoms with Gasteiger partial charge >= 0.3 is 0 Å². The summed E-state index contributed by atoms with van der Waals surface area (Å²) in [5, 5.41) is 0. The number of hydrogen-bond acceptors (Lipinski definition) is 1. The molecule has 3 heteroatoms. The van der Waals surface area contributed by atoms with E-state index in [-0.39, 0.29) is 5.91 Å². The van der Waals surface area contributed by atoms with Crippen molar-refractivity contribution in [2.45, 2.75) is 45.6 Å². The second-order valence-electron chi connectivity index (χ2n) is 5.02. The van der Waals surface area contributed by atoms with Gasteiger partial charge in [-0.15, -0.1) is 0 Å². The minimum atomic E-state index is 0.192. The summed E-state index contributed by atoms with van der Waals surface area (Å²) in [6.45, 7) is 5.10. The van der Waals surface area contributed by atoms with Gasteiger partial charge in [0.15, 0.2) is 0 Å². The van der Waals surface area contributed by atoms with Crippen molar-refractivity contribution < 1.29 is 4.79 Å². The van der Waals surface area contributed by atoms with Crippen LogP contribution in [0.2, 0.25) is 0 Å². The molecule has 0 spiro atoms. The van der Waals surface area contributed by atoms with Crippen molar-refractivity contribution in [2.24, 2.45) is 0 Å². The molecule has 1 unspecified atom stereocenters. The summed E-state index contributed by atoms with van der Waals surface area (Å²) < 4.78 is 1.06. The molecule has 1 aliphatic rings. The van der Waals surface area contributed by atoms with Gasteiger partial charge in [0.05, 0.1) is 0 Å². The fourth-order valence-corrected chi connectivity index (χ4v) is 2.88. The molecule has 0 radical (unpaired) electrons. The highest BCUT2D eigenvalue weighted by Crippen LogP contribution is 2.23. The van der Waals surface area contributed by atoms with Crippen LogP contribution in [0, 0.1) is 6.92 Å². The summed E-state index contributed by atoms with van der Waals surface area (Å²) >= 11 is 3.48. The van der Waals surface area contributed by atoms with Gasteiger partial charge in [0, 0.05) is 22.6 Å². The molecular formula is C15H20BrNO. The Balaban J connectivity index is 2.21. The Hall–Kier alpha value is -0.830. The van der Waals surface area contributed by atoms with Crippen LogP contribution in [-0.2, 0) is 0 Å². The predicted molar refractivity (Wildman–Crippen MR) is 77.8 cm³/mol. The Labute approximate surface area is 117 Å². The SMILES string of the molecule is CCC1CCCCN1C(=O)c1ccc(Br)c(C)c1. The highest BCUT2D eigenvalue weighted by atomic mass is 79.9. The molecular weight excluding hydrogens is 290 g/mol. The smallest absolute Gasteiger partial charge is 0.254 e. The van der Waals surface area contributed by atoms with Crippen LogP contribution in [-0.4, -0.2) is 23.4 Å². The van der Waals surface area contributed by atoms with Crippen molar-refractivity contribution in [1.29, 1.82) is 0 Å². The number of halogens is 1. The van der Waals surface area contributed by atoms with Crippen LogP contribution < -0.4 is 0 Å². The highest BCUT2D eigenvalue weighted by Gasteiger charge is 2.26.